The summed E-state index contributed by atoms with van der Waals surface area (Å²) >= 11 is 1.85. The van der Waals surface area contributed by atoms with Crippen molar-refractivity contribution in [3.63, 3.8) is 0 Å². The van der Waals surface area contributed by atoms with Gasteiger partial charge in [0.05, 0.1) is 21.5 Å². The van der Waals surface area contributed by atoms with E-state index in [9.17, 15) is 0 Å². The molecule has 0 radical (unpaired) electrons. The molecule has 0 atom stereocenters. The van der Waals surface area contributed by atoms with Crippen molar-refractivity contribution >= 4 is 81.3 Å². The average Bonchev–Trinajstić information content (AvgIpc) is 3.84. The number of hydrogen-bond donors (Lipinski definition) is 0. The van der Waals surface area contributed by atoms with Crippen LogP contribution in [-0.2, 0) is 0 Å². The van der Waals surface area contributed by atoms with E-state index in [2.05, 4.69) is 205 Å². The summed E-state index contributed by atoms with van der Waals surface area (Å²) in [5.41, 5.74) is 12.1. The summed E-state index contributed by atoms with van der Waals surface area (Å²) < 4.78 is 9.30. The molecule has 0 bridgehead atoms. The molecule has 0 saturated carbocycles. The van der Waals surface area contributed by atoms with Crippen molar-refractivity contribution in [1.82, 2.24) is 0 Å². The van der Waals surface area contributed by atoms with Crippen LogP contribution in [0.15, 0.2) is 205 Å². The van der Waals surface area contributed by atoms with Crippen molar-refractivity contribution in [2.45, 2.75) is 0 Å². The third-order valence-electron chi connectivity index (χ3n) is 10.9. The zero-order valence-corrected chi connectivity index (χ0v) is 30.6. The highest BCUT2D eigenvalue weighted by Gasteiger charge is 2.24. The van der Waals surface area contributed by atoms with E-state index >= 15 is 0 Å². The molecule has 0 spiro atoms. The Morgan fingerprint density at radius 3 is 1.89 bits per heavy atom. The van der Waals surface area contributed by atoms with Gasteiger partial charge in [0.1, 0.15) is 11.2 Å². The topological polar surface area (TPSA) is 16.4 Å². The Morgan fingerprint density at radius 2 is 1.07 bits per heavy atom. The molecule has 55 heavy (non-hydrogen) atoms. The minimum absolute atomic E-state index is 0.878. The summed E-state index contributed by atoms with van der Waals surface area (Å²) in [6, 6.07) is 72.1. The second-order valence-electron chi connectivity index (χ2n) is 14.0. The highest BCUT2D eigenvalue weighted by Crippen LogP contribution is 2.49. The van der Waals surface area contributed by atoms with Crippen molar-refractivity contribution < 1.29 is 4.42 Å². The Hall–Kier alpha value is -6.94. The van der Waals surface area contributed by atoms with Crippen LogP contribution in [0.25, 0.3) is 86.3 Å². The maximum Gasteiger partial charge on any atom is 0.145 e. The van der Waals surface area contributed by atoms with Gasteiger partial charge in [-0.25, -0.2) is 0 Å². The minimum atomic E-state index is 0.878. The molecule has 11 rings (SSSR count). The van der Waals surface area contributed by atoms with E-state index in [-0.39, 0.29) is 0 Å². The van der Waals surface area contributed by atoms with Gasteiger partial charge < -0.3 is 9.32 Å². The van der Waals surface area contributed by atoms with Gasteiger partial charge in [-0.05, 0) is 87.1 Å². The second kappa shape index (κ2) is 12.9. The van der Waals surface area contributed by atoms with Crippen molar-refractivity contribution in [1.29, 1.82) is 0 Å². The highest BCUT2D eigenvalue weighted by atomic mass is 32.1. The molecule has 0 aliphatic carbocycles. The number of anilines is 3. The van der Waals surface area contributed by atoms with Gasteiger partial charge in [-0.1, -0.05) is 152 Å². The zero-order chi connectivity index (χ0) is 36.3. The SMILES string of the molecule is c1ccc(-c2cccc3ccc(-c4ccc(N(c5cccc6c5sc5ccccc56)c5ccc(-c6ccccc6)c6oc7ccccc7c56)cc4)cc23)cc1. The Kier molecular flexibility index (Phi) is 7.39. The van der Waals surface area contributed by atoms with Crippen LogP contribution in [0, 0.1) is 0 Å². The molecule has 9 aromatic carbocycles. The van der Waals surface area contributed by atoms with E-state index in [4.69, 9.17) is 4.42 Å². The number of fused-ring (bicyclic) bond motifs is 7. The first-order chi connectivity index (χ1) is 27.3. The number of furan rings is 1. The van der Waals surface area contributed by atoms with Gasteiger partial charge in [-0.15, -0.1) is 11.3 Å². The lowest BCUT2D eigenvalue weighted by Crippen LogP contribution is -2.10. The van der Waals surface area contributed by atoms with E-state index in [1.807, 2.05) is 11.3 Å². The molecule has 0 N–H and O–H groups in total. The molecule has 2 heterocycles. The molecule has 11 aromatic rings. The van der Waals surface area contributed by atoms with Gasteiger partial charge in [0, 0.05) is 32.1 Å². The van der Waals surface area contributed by atoms with Gasteiger partial charge >= 0.3 is 0 Å². The standard InChI is InChI=1S/C52H33NOS/c1-3-13-35(14-4-1)40-20-11-17-37-25-26-38(33-45(37)40)34-27-29-39(30-28-34)53(47-22-12-21-43-42-18-8-10-24-49(42)55-52(43)47)46-32-31-41(36-15-5-2-6-16-36)51-50(46)44-19-7-9-23-48(44)54-51/h1-33H. The van der Waals surface area contributed by atoms with E-state index in [1.54, 1.807) is 0 Å². The molecule has 0 saturated heterocycles. The monoisotopic (exact) mass is 719 g/mol. The molecule has 2 nitrogen and oxygen atoms in total. The van der Waals surface area contributed by atoms with Gasteiger partial charge in [-0.3, -0.25) is 0 Å². The minimum Gasteiger partial charge on any atom is -0.455 e. The molecule has 0 aliphatic heterocycles. The van der Waals surface area contributed by atoms with Crippen LogP contribution in [-0.4, -0.2) is 0 Å². The summed E-state index contributed by atoms with van der Waals surface area (Å²) in [6.45, 7) is 0. The lowest BCUT2D eigenvalue weighted by molar-refractivity contribution is 0.670. The quantitative estimate of drug-likeness (QED) is 0.170. The Labute approximate surface area is 322 Å². The van der Waals surface area contributed by atoms with Crippen LogP contribution >= 0.6 is 11.3 Å². The maximum atomic E-state index is 6.77. The summed E-state index contributed by atoms with van der Waals surface area (Å²) in [7, 11) is 0. The first-order valence-corrected chi connectivity index (χ1v) is 19.5. The van der Waals surface area contributed by atoms with Crippen LogP contribution < -0.4 is 4.90 Å². The van der Waals surface area contributed by atoms with Crippen LogP contribution in [0.1, 0.15) is 0 Å². The predicted octanol–water partition coefficient (Wildman–Crippen LogP) is 15.6. The molecule has 0 unspecified atom stereocenters. The summed E-state index contributed by atoms with van der Waals surface area (Å²) in [5.74, 6) is 0. The fourth-order valence-corrected chi connectivity index (χ4v) is 9.49. The number of hydrogen-bond acceptors (Lipinski definition) is 3. The third kappa shape index (κ3) is 5.24. The predicted molar refractivity (Wildman–Crippen MR) is 235 cm³/mol. The van der Waals surface area contributed by atoms with Crippen molar-refractivity contribution in [3.05, 3.63) is 200 Å². The smallest absolute Gasteiger partial charge is 0.145 e. The first-order valence-electron chi connectivity index (χ1n) is 18.7. The highest BCUT2D eigenvalue weighted by molar-refractivity contribution is 7.26. The average molecular weight is 720 g/mol. The Bertz CT molecular complexity index is 3190. The largest absolute Gasteiger partial charge is 0.455 e. The lowest BCUT2D eigenvalue weighted by atomic mass is 9.94. The zero-order valence-electron chi connectivity index (χ0n) is 29.8. The van der Waals surface area contributed by atoms with E-state index in [1.165, 1.54) is 53.2 Å². The van der Waals surface area contributed by atoms with Crippen LogP contribution in [0.2, 0.25) is 0 Å². The number of benzene rings is 9. The first kappa shape index (κ1) is 31.6. The summed E-state index contributed by atoms with van der Waals surface area (Å²) in [5, 5.41) is 7.23. The lowest BCUT2D eigenvalue weighted by Gasteiger charge is -2.27. The van der Waals surface area contributed by atoms with Gasteiger partial charge in [0.2, 0.25) is 0 Å². The van der Waals surface area contributed by atoms with Crippen molar-refractivity contribution in [2.75, 3.05) is 4.90 Å². The van der Waals surface area contributed by atoms with Crippen LogP contribution in [0.5, 0.6) is 0 Å². The van der Waals surface area contributed by atoms with Gasteiger partial charge in [-0.2, -0.15) is 0 Å². The maximum absolute atomic E-state index is 6.77. The third-order valence-corrected chi connectivity index (χ3v) is 12.1. The molecule has 0 amide bonds. The van der Waals surface area contributed by atoms with Crippen molar-refractivity contribution in [2.24, 2.45) is 0 Å². The molecular formula is C52H33NOS. The van der Waals surface area contributed by atoms with E-state index in [0.29, 0.717) is 0 Å². The molecule has 0 aliphatic rings. The molecule has 0 fully saturated rings. The molecule has 258 valence electrons. The second-order valence-corrected chi connectivity index (χ2v) is 15.1. The van der Waals surface area contributed by atoms with E-state index < -0.39 is 0 Å². The summed E-state index contributed by atoms with van der Waals surface area (Å²) in [4.78, 5) is 2.44. The summed E-state index contributed by atoms with van der Waals surface area (Å²) in [6.07, 6.45) is 0. The number of para-hydroxylation sites is 1. The fourth-order valence-electron chi connectivity index (χ4n) is 8.28. The number of thiophene rings is 1. The molecule has 2 aromatic heterocycles. The molecule has 3 heteroatoms. The molecular weight excluding hydrogens is 687 g/mol. The van der Waals surface area contributed by atoms with Crippen LogP contribution in [0.3, 0.4) is 0 Å². The fraction of sp³-hybridized carbons (Fsp3) is 0. The number of nitrogens with zero attached hydrogens (tertiary/aromatic N) is 1. The van der Waals surface area contributed by atoms with Crippen molar-refractivity contribution in [3.8, 4) is 33.4 Å². The number of rotatable bonds is 6. The Balaban J connectivity index is 1.13. The van der Waals surface area contributed by atoms with Gasteiger partial charge in [0.25, 0.3) is 0 Å². The van der Waals surface area contributed by atoms with E-state index in [0.717, 1.165) is 50.1 Å². The van der Waals surface area contributed by atoms with Crippen LogP contribution in [0.4, 0.5) is 17.1 Å². The Morgan fingerprint density at radius 1 is 0.400 bits per heavy atom. The van der Waals surface area contributed by atoms with Gasteiger partial charge in [0.15, 0.2) is 0 Å². The normalized spacial score (nSPS) is 11.6.